The summed E-state index contributed by atoms with van der Waals surface area (Å²) in [5, 5.41) is 0.211. The van der Waals surface area contributed by atoms with Crippen LogP contribution in [0.2, 0.25) is 5.02 Å². The smallest absolute Gasteiger partial charge is 0.264 e. The summed E-state index contributed by atoms with van der Waals surface area (Å²) < 4.78 is 32.7. The molecule has 0 radical (unpaired) electrons. The van der Waals surface area contributed by atoms with Gasteiger partial charge < -0.3 is 4.74 Å². The van der Waals surface area contributed by atoms with Crippen molar-refractivity contribution in [1.82, 2.24) is 9.71 Å². The molecule has 1 aromatic heterocycles. The molecule has 1 aliphatic heterocycles. The standard InChI is InChI=1S/C18H17ClN2O4S/c1-11(13-3-5-20-6-4-13)7-17(22)21-26(23,24)15-9-14-8-12(2)25-18(14)16(19)10-15/h3-7,9-10,12H,8H2,1-2H3,(H,21,22)/b11-7+. The molecule has 1 aliphatic rings. The number of nitrogens with zero attached hydrogens (tertiary/aromatic N) is 1. The maximum absolute atomic E-state index is 12.5. The summed E-state index contributed by atoms with van der Waals surface area (Å²) in [6, 6.07) is 6.23. The maximum atomic E-state index is 12.5. The molecule has 1 amide bonds. The first-order valence-corrected chi connectivity index (χ1v) is 9.77. The zero-order chi connectivity index (χ0) is 18.9. The third kappa shape index (κ3) is 3.89. The number of halogens is 1. The second-order valence-corrected chi connectivity index (χ2v) is 8.15. The summed E-state index contributed by atoms with van der Waals surface area (Å²) in [5.74, 6) is -0.238. The quantitative estimate of drug-likeness (QED) is 0.808. The van der Waals surface area contributed by atoms with E-state index in [2.05, 4.69) is 4.98 Å². The zero-order valence-corrected chi connectivity index (χ0v) is 15.8. The van der Waals surface area contributed by atoms with E-state index in [1.165, 1.54) is 18.2 Å². The summed E-state index contributed by atoms with van der Waals surface area (Å²) in [4.78, 5) is 16.0. The molecule has 26 heavy (non-hydrogen) atoms. The Balaban J connectivity index is 1.83. The first-order chi connectivity index (χ1) is 12.3. The van der Waals surface area contributed by atoms with E-state index in [0.717, 1.165) is 5.56 Å². The van der Waals surface area contributed by atoms with Gasteiger partial charge in [-0.15, -0.1) is 0 Å². The maximum Gasteiger partial charge on any atom is 0.264 e. The molecule has 3 rings (SSSR count). The van der Waals surface area contributed by atoms with Crippen LogP contribution in [0.5, 0.6) is 5.75 Å². The predicted molar refractivity (Wildman–Crippen MR) is 98.5 cm³/mol. The van der Waals surface area contributed by atoms with Crippen LogP contribution in [-0.2, 0) is 21.2 Å². The summed E-state index contributed by atoms with van der Waals surface area (Å²) >= 11 is 6.13. The highest BCUT2D eigenvalue weighted by Gasteiger charge is 2.26. The van der Waals surface area contributed by atoms with Crippen LogP contribution in [0, 0.1) is 0 Å². The molecule has 6 nitrogen and oxygen atoms in total. The Labute approximate surface area is 156 Å². The van der Waals surface area contributed by atoms with Crippen LogP contribution < -0.4 is 9.46 Å². The second-order valence-electron chi connectivity index (χ2n) is 6.06. The van der Waals surface area contributed by atoms with Crippen molar-refractivity contribution >= 4 is 33.1 Å². The molecule has 1 unspecified atom stereocenters. The number of pyridine rings is 1. The molecule has 0 spiro atoms. The number of aromatic nitrogens is 1. The lowest BCUT2D eigenvalue weighted by Gasteiger charge is -2.09. The third-order valence-electron chi connectivity index (χ3n) is 3.95. The molecule has 1 aromatic carbocycles. The number of hydrogen-bond acceptors (Lipinski definition) is 5. The second kappa shape index (κ2) is 7.09. The summed E-state index contributed by atoms with van der Waals surface area (Å²) in [6.07, 6.45) is 4.91. The van der Waals surface area contributed by atoms with Gasteiger partial charge >= 0.3 is 0 Å². The highest BCUT2D eigenvalue weighted by atomic mass is 35.5. The molecule has 0 fully saturated rings. The van der Waals surface area contributed by atoms with Crippen LogP contribution in [0.25, 0.3) is 5.57 Å². The number of ether oxygens (including phenoxy) is 1. The monoisotopic (exact) mass is 392 g/mol. The molecule has 0 saturated carbocycles. The highest BCUT2D eigenvalue weighted by molar-refractivity contribution is 7.90. The minimum absolute atomic E-state index is 0.0673. The molecule has 8 heteroatoms. The Kier molecular flexibility index (Phi) is 5.02. The Morgan fingerprint density at radius 1 is 1.35 bits per heavy atom. The largest absolute Gasteiger partial charge is 0.489 e. The minimum atomic E-state index is -4.05. The lowest BCUT2D eigenvalue weighted by molar-refractivity contribution is -0.114. The number of nitrogens with one attached hydrogen (secondary N) is 1. The van der Waals surface area contributed by atoms with Crippen molar-refractivity contribution in [1.29, 1.82) is 0 Å². The molecule has 1 N–H and O–H groups in total. The van der Waals surface area contributed by atoms with E-state index in [0.29, 0.717) is 23.3 Å². The molecular formula is C18H17ClN2O4S. The van der Waals surface area contributed by atoms with Gasteiger partial charge in [-0.1, -0.05) is 11.6 Å². The average Bonchev–Trinajstić information content (AvgIpc) is 2.96. The fraction of sp³-hybridized carbons (Fsp3) is 0.222. The SMILES string of the molecule is C/C(=C\C(=O)NS(=O)(=O)c1cc(Cl)c2c(c1)CC(C)O2)c1ccncc1. The highest BCUT2D eigenvalue weighted by Crippen LogP contribution is 2.37. The third-order valence-corrected chi connectivity index (χ3v) is 5.56. The number of sulfonamides is 1. The van der Waals surface area contributed by atoms with Gasteiger partial charge in [0.2, 0.25) is 0 Å². The Bertz CT molecular complexity index is 988. The topological polar surface area (TPSA) is 85.4 Å². The van der Waals surface area contributed by atoms with E-state index in [4.69, 9.17) is 16.3 Å². The first kappa shape index (κ1) is 18.4. The van der Waals surface area contributed by atoms with E-state index in [-0.39, 0.29) is 16.0 Å². The van der Waals surface area contributed by atoms with Crippen LogP contribution in [0.4, 0.5) is 0 Å². The Morgan fingerprint density at radius 3 is 2.73 bits per heavy atom. The van der Waals surface area contributed by atoms with Gasteiger partial charge in [-0.3, -0.25) is 9.78 Å². The minimum Gasteiger partial charge on any atom is -0.489 e. The molecule has 0 saturated heterocycles. The number of carbonyl (C=O) groups excluding carboxylic acids is 1. The molecule has 0 aliphatic carbocycles. The van der Waals surface area contributed by atoms with E-state index < -0.39 is 15.9 Å². The lowest BCUT2D eigenvalue weighted by atomic mass is 10.1. The number of fused-ring (bicyclic) bond motifs is 1. The molecule has 2 aromatic rings. The molecule has 136 valence electrons. The van der Waals surface area contributed by atoms with Crippen LogP contribution in [0.3, 0.4) is 0 Å². The van der Waals surface area contributed by atoms with Gasteiger partial charge in [-0.2, -0.15) is 0 Å². The van der Waals surface area contributed by atoms with E-state index in [9.17, 15) is 13.2 Å². The van der Waals surface area contributed by atoms with Gasteiger partial charge in [0, 0.05) is 30.5 Å². The fourth-order valence-electron chi connectivity index (χ4n) is 2.73. The van der Waals surface area contributed by atoms with Gasteiger partial charge in [0.25, 0.3) is 15.9 Å². The van der Waals surface area contributed by atoms with Gasteiger partial charge in [-0.05, 0) is 49.2 Å². The van der Waals surface area contributed by atoms with Gasteiger partial charge in [0.05, 0.1) is 9.92 Å². The van der Waals surface area contributed by atoms with Crippen molar-refractivity contribution in [2.75, 3.05) is 0 Å². The molecule has 0 bridgehead atoms. The van der Waals surface area contributed by atoms with Gasteiger partial charge in [0.1, 0.15) is 11.9 Å². The Hall–Kier alpha value is -2.38. The average molecular weight is 393 g/mol. The van der Waals surface area contributed by atoms with Gasteiger partial charge in [0.15, 0.2) is 0 Å². The number of amides is 1. The van der Waals surface area contributed by atoms with Crippen LogP contribution in [-0.4, -0.2) is 25.4 Å². The van der Waals surface area contributed by atoms with Crippen molar-refractivity contribution in [3.05, 3.63) is 58.9 Å². The van der Waals surface area contributed by atoms with E-state index in [1.807, 2.05) is 11.6 Å². The van der Waals surface area contributed by atoms with Crippen molar-refractivity contribution in [2.45, 2.75) is 31.3 Å². The van der Waals surface area contributed by atoms with Crippen molar-refractivity contribution < 1.29 is 17.9 Å². The van der Waals surface area contributed by atoms with E-state index in [1.54, 1.807) is 31.5 Å². The molecule has 1 atom stereocenters. The number of benzene rings is 1. The summed E-state index contributed by atoms with van der Waals surface area (Å²) in [6.45, 7) is 3.59. The van der Waals surface area contributed by atoms with E-state index >= 15 is 0 Å². The zero-order valence-electron chi connectivity index (χ0n) is 14.2. The van der Waals surface area contributed by atoms with Crippen molar-refractivity contribution in [3.8, 4) is 5.75 Å². The van der Waals surface area contributed by atoms with Crippen molar-refractivity contribution in [2.24, 2.45) is 0 Å². The Morgan fingerprint density at radius 2 is 2.04 bits per heavy atom. The number of rotatable bonds is 4. The number of hydrogen-bond donors (Lipinski definition) is 1. The predicted octanol–water partition coefficient (Wildman–Crippen LogP) is 2.97. The lowest BCUT2D eigenvalue weighted by Crippen LogP contribution is -2.29. The van der Waals surface area contributed by atoms with Crippen molar-refractivity contribution in [3.63, 3.8) is 0 Å². The first-order valence-electron chi connectivity index (χ1n) is 7.91. The summed E-state index contributed by atoms with van der Waals surface area (Å²) in [5.41, 5.74) is 2.11. The number of allylic oxidation sites excluding steroid dienone is 1. The van der Waals surface area contributed by atoms with Gasteiger partial charge in [-0.25, -0.2) is 13.1 Å². The molecular weight excluding hydrogens is 376 g/mol. The van der Waals surface area contributed by atoms with Crippen LogP contribution >= 0.6 is 11.6 Å². The molecule has 2 heterocycles. The fourth-order valence-corrected chi connectivity index (χ4v) is 4.09. The normalized spacial score (nSPS) is 16.7. The van der Waals surface area contributed by atoms with Crippen LogP contribution in [0.1, 0.15) is 25.0 Å². The number of carbonyl (C=O) groups is 1. The van der Waals surface area contributed by atoms with Crippen LogP contribution in [0.15, 0.2) is 47.6 Å². The summed E-state index contributed by atoms with van der Waals surface area (Å²) in [7, 11) is -4.05.